The molecule has 0 fully saturated rings. The molecular weight excluding hydrogens is 200 g/mol. The Morgan fingerprint density at radius 1 is 1.12 bits per heavy atom. The lowest BCUT2D eigenvalue weighted by Gasteiger charge is -2.19. The maximum Gasteiger partial charge on any atom is 0.119 e. The fourth-order valence-electron chi connectivity index (χ4n) is 1.21. The van der Waals surface area contributed by atoms with Crippen molar-refractivity contribution >= 4 is 6.08 Å². The zero-order valence-corrected chi connectivity index (χ0v) is 10.3. The van der Waals surface area contributed by atoms with E-state index >= 15 is 0 Å². The Morgan fingerprint density at radius 3 is 2.25 bits per heavy atom. The van der Waals surface area contributed by atoms with E-state index in [4.69, 9.17) is 9.47 Å². The Balaban J connectivity index is 2.29. The van der Waals surface area contributed by atoms with Gasteiger partial charge in [0.1, 0.15) is 12.4 Å². The SMILES string of the molecule is C=Cc1ccc(OCCOC(C)(C)C)cc1. The van der Waals surface area contributed by atoms with Gasteiger partial charge in [0.2, 0.25) is 0 Å². The number of rotatable bonds is 5. The van der Waals surface area contributed by atoms with Crippen molar-refractivity contribution in [3.05, 3.63) is 36.4 Å². The lowest BCUT2D eigenvalue weighted by molar-refractivity contribution is -0.0163. The molecule has 88 valence electrons. The lowest BCUT2D eigenvalue weighted by atomic mass is 10.2. The summed E-state index contributed by atoms with van der Waals surface area (Å²) in [5.74, 6) is 0.864. The van der Waals surface area contributed by atoms with E-state index in [1.165, 1.54) is 0 Å². The van der Waals surface area contributed by atoms with Crippen molar-refractivity contribution in [1.82, 2.24) is 0 Å². The largest absolute Gasteiger partial charge is 0.491 e. The predicted octanol–water partition coefficient (Wildman–Crippen LogP) is 3.52. The van der Waals surface area contributed by atoms with Gasteiger partial charge in [0.15, 0.2) is 0 Å². The molecular formula is C14H20O2. The summed E-state index contributed by atoms with van der Waals surface area (Å²) in [7, 11) is 0. The summed E-state index contributed by atoms with van der Waals surface area (Å²) in [5, 5.41) is 0. The van der Waals surface area contributed by atoms with Gasteiger partial charge in [-0.1, -0.05) is 24.8 Å². The van der Waals surface area contributed by atoms with E-state index in [9.17, 15) is 0 Å². The summed E-state index contributed by atoms with van der Waals surface area (Å²) < 4.78 is 11.1. The quantitative estimate of drug-likeness (QED) is 0.707. The molecule has 0 aliphatic heterocycles. The van der Waals surface area contributed by atoms with E-state index in [1.54, 1.807) is 0 Å². The zero-order chi connectivity index (χ0) is 12.0. The summed E-state index contributed by atoms with van der Waals surface area (Å²) in [6.45, 7) is 11.0. The smallest absolute Gasteiger partial charge is 0.119 e. The van der Waals surface area contributed by atoms with Crippen LogP contribution in [0.3, 0.4) is 0 Å². The van der Waals surface area contributed by atoms with Gasteiger partial charge >= 0.3 is 0 Å². The zero-order valence-electron chi connectivity index (χ0n) is 10.3. The molecule has 0 N–H and O–H groups in total. The Hall–Kier alpha value is -1.28. The first-order valence-corrected chi connectivity index (χ1v) is 5.50. The van der Waals surface area contributed by atoms with Crippen LogP contribution in [-0.4, -0.2) is 18.8 Å². The van der Waals surface area contributed by atoms with Crippen LogP contribution in [0, 0.1) is 0 Å². The van der Waals surface area contributed by atoms with Crippen molar-refractivity contribution in [2.45, 2.75) is 26.4 Å². The Kier molecular flexibility index (Phi) is 4.56. The molecule has 0 atom stereocenters. The standard InChI is InChI=1S/C14H20O2/c1-5-12-6-8-13(9-7-12)15-10-11-16-14(2,3)4/h5-9H,1,10-11H2,2-4H3. The van der Waals surface area contributed by atoms with Crippen molar-refractivity contribution in [2.24, 2.45) is 0 Å². The van der Waals surface area contributed by atoms with Crippen LogP contribution in [0.25, 0.3) is 6.08 Å². The Labute approximate surface area is 97.9 Å². The molecule has 16 heavy (non-hydrogen) atoms. The Bertz CT molecular complexity index is 320. The number of benzene rings is 1. The molecule has 0 saturated heterocycles. The van der Waals surface area contributed by atoms with Crippen LogP contribution in [0.1, 0.15) is 26.3 Å². The Morgan fingerprint density at radius 2 is 1.75 bits per heavy atom. The highest BCUT2D eigenvalue weighted by atomic mass is 16.5. The molecule has 0 bridgehead atoms. The van der Waals surface area contributed by atoms with E-state index in [1.807, 2.05) is 51.1 Å². The molecule has 0 unspecified atom stereocenters. The summed E-state index contributed by atoms with van der Waals surface area (Å²) >= 11 is 0. The van der Waals surface area contributed by atoms with Crippen LogP contribution in [0.5, 0.6) is 5.75 Å². The molecule has 0 saturated carbocycles. The van der Waals surface area contributed by atoms with E-state index in [0.717, 1.165) is 11.3 Å². The average molecular weight is 220 g/mol. The van der Waals surface area contributed by atoms with Gasteiger partial charge in [0.05, 0.1) is 12.2 Å². The third-order valence-electron chi connectivity index (χ3n) is 2.00. The second-order valence-corrected chi connectivity index (χ2v) is 4.58. The van der Waals surface area contributed by atoms with Crippen LogP contribution < -0.4 is 4.74 Å². The second kappa shape index (κ2) is 5.71. The molecule has 1 rings (SSSR count). The fraction of sp³-hybridized carbons (Fsp3) is 0.429. The van der Waals surface area contributed by atoms with E-state index in [0.29, 0.717) is 13.2 Å². The number of hydrogen-bond donors (Lipinski definition) is 0. The van der Waals surface area contributed by atoms with Gasteiger partial charge in [-0.25, -0.2) is 0 Å². The highest BCUT2D eigenvalue weighted by Gasteiger charge is 2.09. The van der Waals surface area contributed by atoms with Gasteiger partial charge in [-0.05, 0) is 38.5 Å². The number of ether oxygens (including phenoxy) is 2. The van der Waals surface area contributed by atoms with Crippen molar-refractivity contribution < 1.29 is 9.47 Å². The molecule has 0 spiro atoms. The molecule has 2 heteroatoms. The van der Waals surface area contributed by atoms with Crippen LogP contribution in [0.15, 0.2) is 30.8 Å². The molecule has 2 nitrogen and oxygen atoms in total. The van der Waals surface area contributed by atoms with Gasteiger partial charge in [-0.15, -0.1) is 0 Å². The fourth-order valence-corrected chi connectivity index (χ4v) is 1.21. The molecule has 0 aliphatic rings. The third-order valence-corrected chi connectivity index (χ3v) is 2.00. The first kappa shape index (κ1) is 12.8. The second-order valence-electron chi connectivity index (χ2n) is 4.58. The first-order chi connectivity index (χ1) is 7.51. The molecule has 1 aromatic carbocycles. The van der Waals surface area contributed by atoms with E-state index in [-0.39, 0.29) is 5.60 Å². The van der Waals surface area contributed by atoms with Crippen LogP contribution in [0.4, 0.5) is 0 Å². The van der Waals surface area contributed by atoms with Gasteiger partial charge in [-0.2, -0.15) is 0 Å². The topological polar surface area (TPSA) is 18.5 Å². The van der Waals surface area contributed by atoms with E-state index in [2.05, 4.69) is 6.58 Å². The van der Waals surface area contributed by atoms with Crippen LogP contribution in [-0.2, 0) is 4.74 Å². The van der Waals surface area contributed by atoms with Crippen LogP contribution in [0.2, 0.25) is 0 Å². The summed E-state index contributed by atoms with van der Waals surface area (Å²) in [6.07, 6.45) is 1.81. The van der Waals surface area contributed by atoms with E-state index < -0.39 is 0 Å². The minimum absolute atomic E-state index is 0.101. The summed E-state index contributed by atoms with van der Waals surface area (Å²) in [4.78, 5) is 0. The molecule has 0 radical (unpaired) electrons. The maximum atomic E-state index is 5.55. The highest BCUT2D eigenvalue weighted by molar-refractivity contribution is 5.48. The van der Waals surface area contributed by atoms with Gasteiger partial charge < -0.3 is 9.47 Å². The minimum Gasteiger partial charge on any atom is -0.491 e. The van der Waals surface area contributed by atoms with Gasteiger partial charge in [0, 0.05) is 0 Å². The molecule has 0 heterocycles. The third kappa shape index (κ3) is 4.99. The van der Waals surface area contributed by atoms with Gasteiger partial charge in [-0.3, -0.25) is 0 Å². The molecule has 1 aromatic rings. The highest BCUT2D eigenvalue weighted by Crippen LogP contribution is 2.13. The lowest BCUT2D eigenvalue weighted by Crippen LogP contribution is -2.22. The minimum atomic E-state index is -0.101. The maximum absolute atomic E-state index is 5.55. The van der Waals surface area contributed by atoms with Crippen LogP contribution >= 0.6 is 0 Å². The summed E-state index contributed by atoms with van der Waals surface area (Å²) in [6, 6.07) is 7.84. The molecule has 0 aliphatic carbocycles. The van der Waals surface area contributed by atoms with Crippen molar-refractivity contribution in [1.29, 1.82) is 0 Å². The van der Waals surface area contributed by atoms with Crippen molar-refractivity contribution in [3.63, 3.8) is 0 Å². The normalized spacial score (nSPS) is 11.2. The monoisotopic (exact) mass is 220 g/mol. The predicted molar refractivity (Wildman–Crippen MR) is 67.7 cm³/mol. The van der Waals surface area contributed by atoms with Crippen molar-refractivity contribution in [3.8, 4) is 5.75 Å². The number of hydrogen-bond acceptors (Lipinski definition) is 2. The molecule has 0 amide bonds. The van der Waals surface area contributed by atoms with Crippen molar-refractivity contribution in [2.75, 3.05) is 13.2 Å². The summed E-state index contributed by atoms with van der Waals surface area (Å²) in [5.41, 5.74) is 0.995. The first-order valence-electron chi connectivity index (χ1n) is 5.50. The molecule has 0 aromatic heterocycles. The van der Waals surface area contributed by atoms with Gasteiger partial charge in [0.25, 0.3) is 0 Å². The average Bonchev–Trinajstić information content (AvgIpc) is 2.24.